The zero-order valence-corrected chi connectivity index (χ0v) is 11.6. The second-order valence-electron chi connectivity index (χ2n) is 4.46. The molecule has 0 heterocycles. The van der Waals surface area contributed by atoms with E-state index in [0.29, 0.717) is 0 Å². The van der Waals surface area contributed by atoms with Crippen molar-refractivity contribution in [3.63, 3.8) is 0 Å². The lowest BCUT2D eigenvalue weighted by Crippen LogP contribution is -2.34. The van der Waals surface area contributed by atoms with Crippen LogP contribution in [0.15, 0.2) is 18.2 Å². The Bertz CT molecular complexity index is 391. The normalized spacial score (nSPS) is 13.5. The molecule has 0 saturated heterocycles. The third kappa shape index (κ3) is 4.36. The topological polar surface area (TPSA) is 55.1 Å². The number of anilines is 1. The number of rotatable bonds is 3. The maximum Gasteiger partial charge on any atom is 0.228 e. The fourth-order valence-corrected chi connectivity index (χ4v) is 1.44. The van der Waals surface area contributed by atoms with Crippen LogP contribution < -0.4 is 11.1 Å². The van der Waals surface area contributed by atoms with E-state index in [-0.39, 0.29) is 30.3 Å². The first-order chi connectivity index (χ1) is 7.41. The lowest BCUT2D eigenvalue weighted by Gasteiger charge is -2.16. The summed E-state index contributed by atoms with van der Waals surface area (Å²) in [6.07, 6.45) is 0. The van der Waals surface area contributed by atoms with Gasteiger partial charge in [-0.1, -0.05) is 24.6 Å². The Morgan fingerprint density at radius 3 is 2.35 bits per heavy atom. The highest BCUT2D eigenvalue weighted by Gasteiger charge is 2.17. The molecule has 3 N–H and O–H groups in total. The summed E-state index contributed by atoms with van der Waals surface area (Å²) in [4.78, 5) is 11.8. The van der Waals surface area contributed by atoms with Crippen LogP contribution in [0.3, 0.4) is 0 Å². The van der Waals surface area contributed by atoms with Crippen LogP contribution in [0.4, 0.5) is 5.69 Å². The number of amides is 1. The zero-order valence-electron chi connectivity index (χ0n) is 10.8. The summed E-state index contributed by atoms with van der Waals surface area (Å²) >= 11 is 0. The van der Waals surface area contributed by atoms with Crippen molar-refractivity contribution >= 4 is 24.0 Å². The summed E-state index contributed by atoms with van der Waals surface area (Å²) in [6, 6.07) is 5.83. The zero-order chi connectivity index (χ0) is 12.3. The van der Waals surface area contributed by atoms with Crippen LogP contribution in [0.5, 0.6) is 0 Å². The van der Waals surface area contributed by atoms with Crippen molar-refractivity contribution in [1.29, 1.82) is 0 Å². The molecular formula is C13H21ClN2O. The molecule has 2 atom stereocenters. The van der Waals surface area contributed by atoms with E-state index in [2.05, 4.69) is 5.32 Å². The first kappa shape index (κ1) is 15.9. The number of aryl methyl sites for hydroxylation is 2. The van der Waals surface area contributed by atoms with E-state index in [4.69, 9.17) is 5.73 Å². The molecule has 1 aromatic carbocycles. The SMILES string of the molecule is Cc1ccc(NC(=O)C(C)C(C)N)c(C)c1.Cl. The quantitative estimate of drug-likeness (QED) is 0.874. The maximum atomic E-state index is 11.8. The lowest BCUT2D eigenvalue weighted by atomic mass is 10.0. The van der Waals surface area contributed by atoms with Gasteiger partial charge in [0.1, 0.15) is 0 Å². The minimum Gasteiger partial charge on any atom is -0.327 e. The fourth-order valence-electron chi connectivity index (χ4n) is 1.44. The number of carbonyl (C=O) groups excluding carboxylic acids is 1. The summed E-state index contributed by atoms with van der Waals surface area (Å²) in [5, 5.41) is 2.90. The minimum atomic E-state index is -0.180. The summed E-state index contributed by atoms with van der Waals surface area (Å²) in [6.45, 7) is 7.69. The van der Waals surface area contributed by atoms with Crippen LogP contribution in [0.25, 0.3) is 0 Å². The van der Waals surface area contributed by atoms with Gasteiger partial charge < -0.3 is 11.1 Å². The van der Waals surface area contributed by atoms with Gasteiger partial charge in [0.05, 0.1) is 5.92 Å². The molecule has 0 radical (unpaired) electrons. The van der Waals surface area contributed by atoms with Crippen molar-refractivity contribution in [2.24, 2.45) is 11.7 Å². The molecule has 3 nitrogen and oxygen atoms in total. The fraction of sp³-hybridized carbons (Fsp3) is 0.462. The molecule has 0 saturated carbocycles. The standard InChI is InChI=1S/C13H20N2O.ClH/c1-8-5-6-12(9(2)7-8)15-13(16)10(3)11(4)14;/h5-7,10-11H,14H2,1-4H3,(H,15,16);1H. The molecule has 1 rings (SSSR count). The lowest BCUT2D eigenvalue weighted by molar-refractivity contribution is -0.119. The summed E-state index contributed by atoms with van der Waals surface area (Å²) < 4.78 is 0. The van der Waals surface area contributed by atoms with E-state index in [9.17, 15) is 4.79 Å². The molecule has 1 aromatic rings. The number of benzene rings is 1. The van der Waals surface area contributed by atoms with Gasteiger partial charge in [-0.05, 0) is 32.4 Å². The number of hydrogen-bond acceptors (Lipinski definition) is 2. The Balaban J connectivity index is 0.00000256. The van der Waals surface area contributed by atoms with Crippen LogP contribution in [0.2, 0.25) is 0 Å². The molecule has 2 unspecified atom stereocenters. The average molecular weight is 257 g/mol. The number of nitrogens with one attached hydrogen (secondary N) is 1. The first-order valence-corrected chi connectivity index (χ1v) is 5.55. The average Bonchev–Trinajstić information content (AvgIpc) is 2.20. The summed E-state index contributed by atoms with van der Waals surface area (Å²) in [7, 11) is 0. The van der Waals surface area contributed by atoms with Gasteiger partial charge in [0, 0.05) is 11.7 Å². The smallest absolute Gasteiger partial charge is 0.228 e. The predicted molar refractivity (Wildman–Crippen MR) is 74.6 cm³/mol. The van der Waals surface area contributed by atoms with Crippen molar-refractivity contribution in [2.45, 2.75) is 33.7 Å². The Hall–Kier alpha value is -1.06. The maximum absolute atomic E-state index is 11.8. The number of hydrogen-bond donors (Lipinski definition) is 2. The second kappa shape index (κ2) is 6.62. The molecule has 4 heteroatoms. The highest BCUT2D eigenvalue weighted by molar-refractivity contribution is 5.93. The van der Waals surface area contributed by atoms with E-state index in [1.807, 2.05) is 45.9 Å². The van der Waals surface area contributed by atoms with Crippen LogP contribution in [-0.2, 0) is 4.79 Å². The van der Waals surface area contributed by atoms with Crippen molar-refractivity contribution in [1.82, 2.24) is 0 Å². The van der Waals surface area contributed by atoms with Gasteiger partial charge in [-0.3, -0.25) is 4.79 Å². The van der Waals surface area contributed by atoms with E-state index >= 15 is 0 Å². The molecule has 0 spiro atoms. The van der Waals surface area contributed by atoms with Gasteiger partial charge in [-0.25, -0.2) is 0 Å². The van der Waals surface area contributed by atoms with E-state index in [1.165, 1.54) is 5.56 Å². The number of nitrogens with two attached hydrogens (primary N) is 1. The minimum absolute atomic E-state index is 0. The second-order valence-corrected chi connectivity index (χ2v) is 4.46. The molecule has 96 valence electrons. The summed E-state index contributed by atoms with van der Waals surface area (Å²) in [5.41, 5.74) is 8.82. The molecule has 0 aliphatic heterocycles. The highest BCUT2D eigenvalue weighted by atomic mass is 35.5. The van der Waals surface area contributed by atoms with Crippen molar-refractivity contribution in [3.05, 3.63) is 29.3 Å². The summed E-state index contributed by atoms with van der Waals surface area (Å²) in [5.74, 6) is -0.206. The molecule has 17 heavy (non-hydrogen) atoms. The van der Waals surface area contributed by atoms with Crippen LogP contribution in [0.1, 0.15) is 25.0 Å². The molecule has 0 aromatic heterocycles. The van der Waals surface area contributed by atoms with Gasteiger partial charge in [0.25, 0.3) is 0 Å². The monoisotopic (exact) mass is 256 g/mol. The Morgan fingerprint density at radius 1 is 1.29 bits per heavy atom. The van der Waals surface area contributed by atoms with Gasteiger partial charge >= 0.3 is 0 Å². The van der Waals surface area contributed by atoms with Gasteiger partial charge in [-0.2, -0.15) is 0 Å². The molecule has 1 amide bonds. The number of halogens is 1. The van der Waals surface area contributed by atoms with Gasteiger partial charge in [0.2, 0.25) is 5.91 Å². The van der Waals surface area contributed by atoms with E-state index < -0.39 is 0 Å². The largest absolute Gasteiger partial charge is 0.327 e. The highest BCUT2D eigenvalue weighted by Crippen LogP contribution is 2.17. The van der Waals surface area contributed by atoms with Gasteiger partial charge in [0.15, 0.2) is 0 Å². The molecule has 0 aliphatic carbocycles. The Kier molecular flexibility index (Phi) is 6.21. The van der Waals surface area contributed by atoms with Gasteiger partial charge in [-0.15, -0.1) is 12.4 Å². The third-order valence-corrected chi connectivity index (χ3v) is 2.84. The van der Waals surface area contributed by atoms with Crippen LogP contribution >= 0.6 is 12.4 Å². The van der Waals surface area contributed by atoms with Crippen molar-refractivity contribution in [3.8, 4) is 0 Å². The third-order valence-electron chi connectivity index (χ3n) is 2.84. The predicted octanol–water partition coefficient (Wildman–Crippen LogP) is 2.65. The van der Waals surface area contributed by atoms with E-state index in [0.717, 1.165) is 11.3 Å². The Labute approximate surface area is 109 Å². The molecule has 0 bridgehead atoms. The first-order valence-electron chi connectivity index (χ1n) is 5.55. The van der Waals surface area contributed by atoms with Crippen molar-refractivity contribution in [2.75, 3.05) is 5.32 Å². The Morgan fingerprint density at radius 2 is 1.88 bits per heavy atom. The van der Waals surface area contributed by atoms with Crippen LogP contribution in [-0.4, -0.2) is 11.9 Å². The number of carbonyl (C=O) groups is 1. The molecule has 0 fully saturated rings. The molecule has 0 aliphatic rings. The van der Waals surface area contributed by atoms with Crippen molar-refractivity contribution < 1.29 is 4.79 Å². The molecular weight excluding hydrogens is 236 g/mol. The van der Waals surface area contributed by atoms with Crippen LogP contribution in [0, 0.1) is 19.8 Å². The van der Waals surface area contributed by atoms with E-state index in [1.54, 1.807) is 0 Å².